The number of fused-ring (bicyclic) bond motifs is 1. The van der Waals surface area contributed by atoms with Gasteiger partial charge in [-0.25, -0.2) is 0 Å². The predicted molar refractivity (Wildman–Crippen MR) is 140 cm³/mol. The number of thiocarbonyl (C=S) groups is 1. The fourth-order valence-corrected chi connectivity index (χ4v) is 5.51. The largest absolute Gasteiger partial charge is 0.454 e. The SMILES string of the molecule is Cc1ccc(N2C(=S)NC(c3ccccn3)C2c2cc(C)n(-c3ccc4c(c3)OCO4)c2C)cc1. The average Bonchev–Trinajstić information content (AvgIpc) is 3.55. The summed E-state index contributed by atoms with van der Waals surface area (Å²) in [4.78, 5) is 6.91. The van der Waals surface area contributed by atoms with E-state index < -0.39 is 0 Å². The Morgan fingerprint density at radius 3 is 2.46 bits per heavy atom. The first-order valence-electron chi connectivity index (χ1n) is 11.7. The standard InChI is InChI=1S/C28H26N4O2S/c1-17-7-9-20(10-8-17)32-27(26(30-28(32)35)23-6-4-5-13-29-23)22-14-18(2)31(19(22)3)21-11-12-24-25(15-21)34-16-33-24/h4-15,26-27H,16H2,1-3H3,(H,30,35). The van der Waals surface area contributed by atoms with Crippen LogP contribution in [0.2, 0.25) is 0 Å². The number of hydrogen-bond donors (Lipinski definition) is 1. The third kappa shape index (κ3) is 3.63. The van der Waals surface area contributed by atoms with Gasteiger partial charge in [-0.3, -0.25) is 4.98 Å². The van der Waals surface area contributed by atoms with E-state index in [9.17, 15) is 0 Å². The van der Waals surface area contributed by atoms with Gasteiger partial charge in [0, 0.05) is 35.0 Å². The van der Waals surface area contributed by atoms with E-state index in [-0.39, 0.29) is 18.9 Å². The average molecular weight is 483 g/mol. The Kier molecular flexibility index (Phi) is 5.22. The van der Waals surface area contributed by atoms with Crippen LogP contribution in [0.5, 0.6) is 11.5 Å². The molecule has 0 radical (unpaired) electrons. The molecule has 4 aromatic rings. The summed E-state index contributed by atoms with van der Waals surface area (Å²) in [5, 5.41) is 4.26. The number of anilines is 1. The molecule has 0 bridgehead atoms. The van der Waals surface area contributed by atoms with Crippen molar-refractivity contribution in [2.24, 2.45) is 0 Å². The van der Waals surface area contributed by atoms with E-state index in [4.69, 9.17) is 21.7 Å². The second kappa shape index (κ2) is 8.43. The number of aromatic nitrogens is 2. The van der Waals surface area contributed by atoms with Gasteiger partial charge in [-0.2, -0.15) is 0 Å². The van der Waals surface area contributed by atoms with E-state index in [0.29, 0.717) is 5.11 Å². The van der Waals surface area contributed by atoms with E-state index in [1.807, 2.05) is 30.5 Å². The van der Waals surface area contributed by atoms with Crippen LogP contribution in [0, 0.1) is 20.8 Å². The van der Waals surface area contributed by atoms with Crippen LogP contribution in [0.1, 0.15) is 40.3 Å². The summed E-state index contributed by atoms with van der Waals surface area (Å²) in [6, 6.07) is 22.7. The van der Waals surface area contributed by atoms with Crippen LogP contribution >= 0.6 is 12.2 Å². The summed E-state index contributed by atoms with van der Waals surface area (Å²) in [6.07, 6.45) is 1.83. The molecule has 2 aromatic heterocycles. The highest BCUT2D eigenvalue weighted by atomic mass is 32.1. The topological polar surface area (TPSA) is 51.6 Å². The maximum Gasteiger partial charge on any atom is 0.231 e. The Bertz CT molecular complexity index is 1420. The third-order valence-corrected chi connectivity index (χ3v) is 7.13. The second-order valence-electron chi connectivity index (χ2n) is 9.03. The molecule has 7 heteroatoms. The first-order chi connectivity index (χ1) is 17.0. The Morgan fingerprint density at radius 2 is 1.69 bits per heavy atom. The van der Waals surface area contributed by atoms with Crippen molar-refractivity contribution >= 4 is 23.0 Å². The van der Waals surface area contributed by atoms with Gasteiger partial charge >= 0.3 is 0 Å². The number of rotatable bonds is 4. The number of pyridine rings is 1. The zero-order valence-corrected chi connectivity index (χ0v) is 20.7. The number of nitrogens with zero attached hydrogens (tertiary/aromatic N) is 3. The van der Waals surface area contributed by atoms with Gasteiger partial charge in [0.25, 0.3) is 0 Å². The monoisotopic (exact) mass is 482 g/mol. The van der Waals surface area contributed by atoms with Crippen molar-refractivity contribution < 1.29 is 9.47 Å². The fraction of sp³-hybridized carbons (Fsp3) is 0.214. The quantitative estimate of drug-likeness (QED) is 0.377. The van der Waals surface area contributed by atoms with E-state index >= 15 is 0 Å². The highest BCUT2D eigenvalue weighted by Gasteiger charge is 2.42. The van der Waals surface area contributed by atoms with Crippen LogP contribution in [0.15, 0.2) is 72.9 Å². The molecular formula is C28H26N4O2S. The van der Waals surface area contributed by atoms with Crippen molar-refractivity contribution in [1.29, 1.82) is 0 Å². The van der Waals surface area contributed by atoms with Crippen molar-refractivity contribution in [3.05, 3.63) is 101 Å². The Balaban J connectivity index is 1.50. The Labute approximate surface area is 210 Å². The molecule has 2 unspecified atom stereocenters. The lowest BCUT2D eigenvalue weighted by Gasteiger charge is -2.28. The van der Waals surface area contributed by atoms with E-state index in [1.165, 1.54) is 11.1 Å². The van der Waals surface area contributed by atoms with Crippen molar-refractivity contribution in [2.45, 2.75) is 32.9 Å². The molecule has 0 amide bonds. The molecule has 1 saturated heterocycles. The van der Waals surface area contributed by atoms with Gasteiger partial charge < -0.3 is 24.3 Å². The first-order valence-corrected chi connectivity index (χ1v) is 12.1. The molecule has 1 N–H and O–H groups in total. The molecule has 2 atom stereocenters. The van der Waals surface area contributed by atoms with Gasteiger partial charge in [0.05, 0.1) is 17.8 Å². The molecule has 176 valence electrons. The maximum absolute atomic E-state index is 5.89. The molecular weight excluding hydrogens is 456 g/mol. The van der Waals surface area contributed by atoms with Gasteiger partial charge in [0.15, 0.2) is 16.6 Å². The highest BCUT2D eigenvalue weighted by molar-refractivity contribution is 7.80. The molecule has 0 saturated carbocycles. The van der Waals surface area contributed by atoms with Crippen LogP contribution in [-0.4, -0.2) is 21.5 Å². The van der Waals surface area contributed by atoms with E-state index in [1.54, 1.807) is 0 Å². The van der Waals surface area contributed by atoms with Crippen molar-refractivity contribution in [2.75, 3.05) is 11.7 Å². The number of aryl methyl sites for hydroxylation is 2. The summed E-state index contributed by atoms with van der Waals surface area (Å²) in [7, 11) is 0. The third-order valence-electron chi connectivity index (χ3n) is 6.81. The minimum absolute atomic E-state index is 0.0610. The lowest BCUT2D eigenvalue weighted by Crippen LogP contribution is -2.29. The predicted octanol–water partition coefficient (Wildman–Crippen LogP) is 5.70. The molecule has 0 aliphatic carbocycles. The van der Waals surface area contributed by atoms with Crippen molar-refractivity contribution in [1.82, 2.24) is 14.9 Å². The molecule has 6 nitrogen and oxygen atoms in total. The first kappa shape index (κ1) is 21.7. The summed E-state index contributed by atoms with van der Waals surface area (Å²) >= 11 is 5.89. The van der Waals surface area contributed by atoms with Crippen LogP contribution < -0.4 is 19.7 Å². The van der Waals surface area contributed by atoms with Gasteiger partial charge in [-0.05, 0) is 81.0 Å². The van der Waals surface area contributed by atoms with E-state index in [2.05, 4.69) is 83.0 Å². The minimum Gasteiger partial charge on any atom is -0.454 e. The summed E-state index contributed by atoms with van der Waals surface area (Å²) in [5.74, 6) is 1.55. The lowest BCUT2D eigenvalue weighted by molar-refractivity contribution is 0.174. The number of nitrogens with one attached hydrogen (secondary N) is 1. The van der Waals surface area contributed by atoms with Crippen molar-refractivity contribution in [3.8, 4) is 17.2 Å². The summed E-state index contributed by atoms with van der Waals surface area (Å²) in [5.41, 5.74) is 7.76. The maximum atomic E-state index is 5.89. The zero-order valence-electron chi connectivity index (χ0n) is 19.9. The lowest BCUT2D eigenvalue weighted by atomic mass is 9.96. The molecule has 2 aromatic carbocycles. The number of hydrogen-bond acceptors (Lipinski definition) is 4. The zero-order chi connectivity index (χ0) is 24.1. The second-order valence-corrected chi connectivity index (χ2v) is 9.42. The smallest absolute Gasteiger partial charge is 0.231 e. The molecule has 6 rings (SSSR count). The Hall–Kier alpha value is -3.84. The molecule has 0 spiro atoms. The van der Waals surface area contributed by atoms with E-state index in [0.717, 1.165) is 40.0 Å². The van der Waals surface area contributed by atoms with Gasteiger partial charge in [-0.15, -0.1) is 0 Å². The van der Waals surface area contributed by atoms with Gasteiger partial charge in [0.2, 0.25) is 6.79 Å². The minimum atomic E-state index is -0.0873. The Morgan fingerprint density at radius 1 is 0.914 bits per heavy atom. The van der Waals surface area contributed by atoms with Crippen molar-refractivity contribution in [3.63, 3.8) is 0 Å². The van der Waals surface area contributed by atoms with Crippen LogP contribution in [0.4, 0.5) is 5.69 Å². The molecule has 2 aliphatic heterocycles. The molecule has 2 aliphatic rings. The molecule has 35 heavy (non-hydrogen) atoms. The number of benzene rings is 2. The van der Waals surface area contributed by atoms with Crippen LogP contribution in [0.3, 0.4) is 0 Å². The summed E-state index contributed by atoms with van der Waals surface area (Å²) < 4.78 is 13.4. The van der Waals surface area contributed by atoms with Gasteiger partial charge in [-0.1, -0.05) is 23.8 Å². The number of ether oxygens (including phenoxy) is 2. The molecule has 4 heterocycles. The fourth-order valence-electron chi connectivity index (χ4n) is 5.16. The normalized spacial score (nSPS) is 18.7. The molecule has 1 fully saturated rings. The highest BCUT2D eigenvalue weighted by Crippen LogP contribution is 2.44. The van der Waals surface area contributed by atoms with Crippen LogP contribution in [0.25, 0.3) is 5.69 Å². The van der Waals surface area contributed by atoms with Gasteiger partial charge in [0.1, 0.15) is 0 Å². The summed E-state index contributed by atoms with van der Waals surface area (Å²) in [6.45, 7) is 6.65. The van der Waals surface area contributed by atoms with Crippen LogP contribution in [-0.2, 0) is 0 Å².